The molecule has 3 rings (SSSR count). The Morgan fingerprint density at radius 1 is 1.00 bits per heavy atom. The van der Waals surface area contributed by atoms with E-state index in [0.717, 1.165) is 16.8 Å². The normalized spacial score (nSPS) is 10.4. The summed E-state index contributed by atoms with van der Waals surface area (Å²) in [6.45, 7) is 0.334. The molecule has 1 aromatic heterocycles. The number of benzene rings is 2. The summed E-state index contributed by atoms with van der Waals surface area (Å²) in [4.78, 5) is 0. The van der Waals surface area contributed by atoms with E-state index in [9.17, 15) is 0 Å². The van der Waals surface area contributed by atoms with Gasteiger partial charge in [0.2, 0.25) is 0 Å². The highest BCUT2D eigenvalue weighted by Gasteiger charge is 2.06. The van der Waals surface area contributed by atoms with E-state index in [4.69, 9.17) is 20.9 Å². The van der Waals surface area contributed by atoms with Gasteiger partial charge in [-0.15, -0.1) is 0 Å². The third-order valence-electron chi connectivity index (χ3n) is 2.91. The van der Waals surface area contributed by atoms with Crippen LogP contribution in [0.15, 0.2) is 65.4 Å². The molecule has 0 aliphatic heterocycles. The largest absolute Gasteiger partial charge is 0.486 e. The van der Waals surface area contributed by atoms with Crippen LogP contribution in [0.4, 0.5) is 0 Å². The molecule has 0 aliphatic carbocycles. The Hall–Kier alpha value is -2.26. The van der Waals surface area contributed by atoms with Crippen molar-refractivity contribution in [1.29, 1.82) is 0 Å². The van der Waals surface area contributed by atoms with Gasteiger partial charge in [0.1, 0.15) is 24.3 Å². The molecule has 0 bridgehead atoms. The Kier molecular flexibility index (Phi) is 3.70. The molecule has 4 heteroatoms. The van der Waals surface area contributed by atoms with Crippen molar-refractivity contribution in [3.63, 3.8) is 0 Å². The SMILES string of the molecule is Clc1cc(-c2ccccc2)ccc1OCc1ccon1. The van der Waals surface area contributed by atoms with Gasteiger partial charge in [-0.2, -0.15) is 0 Å². The maximum Gasteiger partial charge on any atom is 0.138 e. The minimum atomic E-state index is 0.334. The molecule has 0 aliphatic rings. The van der Waals surface area contributed by atoms with Crippen LogP contribution in [0.2, 0.25) is 5.02 Å². The molecule has 3 nitrogen and oxygen atoms in total. The van der Waals surface area contributed by atoms with Gasteiger partial charge in [0.25, 0.3) is 0 Å². The van der Waals surface area contributed by atoms with Crippen molar-refractivity contribution in [2.45, 2.75) is 6.61 Å². The van der Waals surface area contributed by atoms with E-state index in [1.165, 1.54) is 6.26 Å². The zero-order valence-corrected chi connectivity index (χ0v) is 11.4. The number of halogens is 1. The van der Waals surface area contributed by atoms with Crippen molar-refractivity contribution in [2.75, 3.05) is 0 Å². The molecular weight excluding hydrogens is 274 g/mol. The Labute approximate surface area is 121 Å². The van der Waals surface area contributed by atoms with Crippen molar-refractivity contribution in [2.24, 2.45) is 0 Å². The Morgan fingerprint density at radius 3 is 2.55 bits per heavy atom. The molecule has 3 aromatic rings. The van der Waals surface area contributed by atoms with Crippen LogP contribution in [0.5, 0.6) is 5.75 Å². The minimum absolute atomic E-state index is 0.334. The predicted molar refractivity (Wildman–Crippen MR) is 77.7 cm³/mol. The number of hydrogen-bond acceptors (Lipinski definition) is 3. The van der Waals surface area contributed by atoms with Crippen LogP contribution in [-0.2, 0) is 6.61 Å². The van der Waals surface area contributed by atoms with E-state index in [-0.39, 0.29) is 0 Å². The van der Waals surface area contributed by atoms with Gasteiger partial charge >= 0.3 is 0 Å². The highest BCUT2D eigenvalue weighted by Crippen LogP contribution is 2.30. The van der Waals surface area contributed by atoms with Crippen molar-refractivity contribution < 1.29 is 9.26 Å². The van der Waals surface area contributed by atoms with Crippen LogP contribution in [0.1, 0.15) is 5.69 Å². The molecule has 0 saturated heterocycles. The highest BCUT2D eigenvalue weighted by atomic mass is 35.5. The summed E-state index contributed by atoms with van der Waals surface area (Å²) in [6, 6.07) is 17.6. The zero-order valence-electron chi connectivity index (χ0n) is 10.6. The van der Waals surface area contributed by atoms with Crippen molar-refractivity contribution in [1.82, 2.24) is 5.16 Å². The van der Waals surface area contributed by atoms with E-state index in [2.05, 4.69) is 5.16 Å². The summed E-state index contributed by atoms with van der Waals surface area (Å²) < 4.78 is 10.4. The van der Waals surface area contributed by atoms with E-state index in [1.807, 2.05) is 48.5 Å². The Balaban J connectivity index is 1.77. The first-order valence-electron chi connectivity index (χ1n) is 6.20. The number of aromatic nitrogens is 1. The van der Waals surface area contributed by atoms with Gasteiger partial charge < -0.3 is 9.26 Å². The first-order valence-corrected chi connectivity index (χ1v) is 6.58. The van der Waals surface area contributed by atoms with Gasteiger partial charge in [0.05, 0.1) is 5.02 Å². The van der Waals surface area contributed by atoms with Crippen LogP contribution in [0.25, 0.3) is 11.1 Å². The van der Waals surface area contributed by atoms with E-state index < -0.39 is 0 Å². The summed E-state index contributed by atoms with van der Waals surface area (Å²) in [7, 11) is 0. The van der Waals surface area contributed by atoms with Gasteiger partial charge in [0.15, 0.2) is 0 Å². The second-order valence-corrected chi connectivity index (χ2v) is 4.70. The fourth-order valence-corrected chi connectivity index (χ4v) is 2.13. The van der Waals surface area contributed by atoms with Crippen molar-refractivity contribution in [3.8, 4) is 16.9 Å². The monoisotopic (exact) mass is 285 g/mol. The lowest BCUT2D eigenvalue weighted by Crippen LogP contribution is -1.96. The maximum atomic E-state index is 6.25. The molecule has 0 N–H and O–H groups in total. The minimum Gasteiger partial charge on any atom is -0.486 e. The summed E-state index contributed by atoms with van der Waals surface area (Å²) in [5.41, 5.74) is 2.91. The molecule has 0 radical (unpaired) electrons. The molecule has 20 heavy (non-hydrogen) atoms. The van der Waals surface area contributed by atoms with Crippen LogP contribution >= 0.6 is 11.6 Å². The average molecular weight is 286 g/mol. The number of ether oxygens (including phenoxy) is 1. The van der Waals surface area contributed by atoms with Gasteiger partial charge in [-0.3, -0.25) is 0 Å². The van der Waals surface area contributed by atoms with Crippen LogP contribution in [-0.4, -0.2) is 5.16 Å². The summed E-state index contributed by atoms with van der Waals surface area (Å²) in [6.07, 6.45) is 1.51. The van der Waals surface area contributed by atoms with Crippen molar-refractivity contribution in [3.05, 3.63) is 71.6 Å². The molecular formula is C16H12ClNO2. The van der Waals surface area contributed by atoms with E-state index in [1.54, 1.807) is 6.07 Å². The summed E-state index contributed by atoms with van der Waals surface area (Å²) >= 11 is 6.25. The number of nitrogens with zero attached hydrogens (tertiary/aromatic N) is 1. The molecule has 0 spiro atoms. The Bertz CT molecular complexity index is 681. The highest BCUT2D eigenvalue weighted by molar-refractivity contribution is 6.32. The number of hydrogen-bond donors (Lipinski definition) is 0. The maximum absolute atomic E-state index is 6.25. The van der Waals surface area contributed by atoms with Crippen LogP contribution in [0, 0.1) is 0 Å². The molecule has 0 unspecified atom stereocenters. The van der Waals surface area contributed by atoms with E-state index >= 15 is 0 Å². The third-order valence-corrected chi connectivity index (χ3v) is 3.20. The average Bonchev–Trinajstić information content (AvgIpc) is 3.00. The molecule has 0 amide bonds. The van der Waals surface area contributed by atoms with Gasteiger partial charge in [-0.1, -0.05) is 53.2 Å². The molecule has 100 valence electrons. The number of rotatable bonds is 4. The molecule has 1 heterocycles. The van der Waals surface area contributed by atoms with Crippen molar-refractivity contribution >= 4 is 11.6 Å². The second-order valence-electron chi connectivity index (χ2n) is 4.29. The fourth-order valence-electron chi connectivity index (χ4n) is 1.89. The summed E-state index contributed by atoms with van der Waals surface area (Å²) in [5, 5.41) is 4.36. The second kappa shape index (κ2) is 5.80. The van der Waals surface area contributed by atoms with Crippen LogP contribution < -0.4 is 4.74 Å². The summed E-state index contributed by atoms with van der Waals surface area (Å²) in [5.74, 6) is 0.634. The molecule has 2 aromatic carbocycles. The smallest absolute Gasteiger partial charge is 0.138 e. The van der Waals surface area contributed by atoms with Gasteiger partial charge in [-0.25, -0.2) is 0 Å². The van der Waals surface area contributed by atoms with Crippen LogP contribution in [0.3, 0.4) is 0 Å². The first kappa shape index (κ1) is 12.8. The first-order chi connectivity index (χ1) is 9.83. The lowest BCUT2D eigenvalue weighted by molar-refractivity contribution is 0.289. The van der Waals surface area contributed by atoms with E-state index in [0.29, 0.717) is 17.4 Å². The molecule has 0 fully saturated rings. The van der Waals surface area contributed by atoms with Gasteiger partial charge in [0, 0.05) is 6.07 Å². The lowest BCUT2D eigenvalue weighted by atomic mass is 10.1. The standard InChI is InChI=1S/C16H12ClNO2/c17-15-10-13(12-4-2-1-3-5-12)6-7-16(15)19-11-14-8-9-20-18-14/h1-10H,11H2. The van der Waals surface area contributed by atoms with Gasteiger partial charge in [-0.05, 0) is 23.3 Å². The predicted octanol–water partition coefficient (Wildman–Crippen LogP) is 4.57. The topological polar surface area (TPSA) is 35.3 Å². The zero-order chi connectivity index (χ0) is 13.8. The molecule has 0 atom stereocenters. The lowest BCUT2D eigenvalue weighted by Gasteiger charge is -2.08. The Morgan fingerprint density at radius 2 is 1.85 bits per heavy atom. The molecule has 0 saturated carbocycles. The third kappa shape index (κ3) is 2.83. The quantitative estimate of drug-likeness (QED) is 0.704. The fraction of sp³-hybridized carbons (Fsp3) is 0.0625.